The molecule has 0 aliphatic heterocycles. The van der Waals surface area contributed by atoms with Crippen molar-refractivity contribution in [1.82, 2.24) is 10.3 Å². The number of nitrogens with zero attached hydrogens (tertiary/aromatic N) is 1. The zero-order chi connectivity index (χ0) is 12.3. The number of aromatic nitrogens is 1. The van der Waals surface area contributed by atoms with Crippen molar-refractivity contribution in [2.24, 2.45) is 0 Å². The summed E-state index contributed by atoms with van der Waals surface area (Å²) in [5.41, 5.74) is 0.882. The highest BCUT2D eigenvalue weighted by atomic mass is 79.9. The lowest BCUT2D eigenvalue weighted by Crippen LogP contribution is -2.12. The molecule has 0 saturated heterocycles. The molecule has 1 heterocycles. The summed E-state index contributed by atoms with van der Waals surface area (Å²) in [4.78, 5) is 5.49. The summed E-state index contributed by atoms with van der Waals surface area (Å²) < 4.78 is 0.970. The van der Waals surface area contributed by atoms with E-state index in [4.69, 9.17) is 0 Å². The van der Waals surface area contributed by atoms with Crippen LogP contribution in [0.15, 0.2) is 28.9 Å². The van der Waals surface area contributed by atoms with Gasteiger partial charge in [0.2, 0.25) is 0 Å². The van der Waals surface area contributed by atoms with E-state index in [2.05, 4.69) is 26.2 Å². The Morgan fingerprint density at radius 2 is 2.24 bits per heavy atom. The third kappa shape index (κ3) is 3.52. The molecule has 0 spiro atoms. The summed E-state index contributed by atoms with van der Waals surface area (Å²) in [6, 6.07) is 5.42. The molecule has 0 amide bonds. The number of aromatic hydroxyl groups is 1. The van der Waals surface area contributed by atoms with Crippen LogP contribution < -0.4 is 5.32 Å². The standard InChI is InChI=1S/C12H13BrN2OS/c1-8-5-15-12(17-8)7-14-6-9-4-10(13)2-3-11(9)16/h2-5,14,16H,6-7H2,1H3. The quantitative estimate of drug-likeness (QED) is 0.911. The molecular formula is C12H13BrN2OS. The molecule has 2 rings (SSSR count). The smallest absolute Gasteiger partial charge is 0.120 e. The van der Waals surface area contributed by atoms with E-state index in [-0.39, 0.29) is 0 Å². The molecule has 0 bridgehead atoms. The average molecular weight is 313 g/mol. The highest BCUT2D eigenvalue weighted by molar-refractivity contribution is 9.10. The Labute approximate surface area is 113 Å². The third-order valence-corrected chi connectivity index (χ3v) is 3.71. The largest absolute Gasteiger partial charge is 0.508 e. The van der Waals surface area contributed by atoms with E-state index in [0.29, 0.717) is 12.3 Å². The van der Waals surface area contributed by atoms with E-state index in [1.54, 1.807) is 17.4 Å². The van der Waals surface area contributed by atoms with Crippen molar-refractivity contribution < 1.29 is 5.11 Å². The Hall–Kier alpha value is -0.910. The van der Waals surface area contributed by atoms with Crippen molar-refractivity contribution in [3.63, 3.8) is 0 Å². The summed E-state index contributed by atoms with van der Waals surface area (Å²) in [6.45, 7) is 3.40. The molecule has 0 saturated carbocycles. The van der Waals surface area contributed by atoms with Crippen molar-refractivity contribution in [3.05, 3.63) is 44.3 Å². The van der Waals surface area contributed by atoms with Crippen LogP contribution in [-0.2, 0) is 13.1 Å². The van der Waals surface area contributed by atoms with E-state index in [1.807, 2.05) is 25.3 Å². The van der Waals surface area contributed by atoms with Gasteiger partial charge in [-0.2, -0.15) is 0 Å². The number of hydrogen-bond acceptors (Lipinski definition) is 4. The van der Waals surface area contributed by atoms with Gasteiger partial charge in [-0.05, 0) is 25.1 Å². The molecule has 17 heavy (non-hydrogen) atoms. The molecule has 0 aliphatic rings. The van der Waals surface area contributed by atoms with Crippen LogP contribution in [-0.4, -0.2) is 10.1 Å². The Morgan fingerprint density at radius 1 is 1.41 bits per heavy atom. The summed E-state index contributed by atoms with van der Waals surface area (Å²) >= 11 is 5.07. The Balaban J connectivity index is 1.91. The molecule has 0 aliphatic carbocycles. The fourth-order valence-electron chi connectivity index (χ4n) is 1.48. The highest BCUT2D eigenvalue weighted by Gasteiger charge is 2.03. The van der Waals surface area contributed by atoms with Gasteiger partial charge in [0, 0.05) is 34.2 Å². The van der Waals surface area contributed by atoms with Crippen molar-refractivity contribution in [3.8, 4) is 5.75 Å². The highest BCUT2D eigenvalue weighted by Crippen LogP contribution is 2.21. The van der Waals surface area contributed by atoms with Crippen LogP contribution in [0.25, 0.3) is 0 Å². The summed E-state index contributed by atoms with van der Waals surface area (Å²) in [7, 11) is 0. The van der Waals surface area contributed by atoms with Gasteiger partial charge in [-0.1, -0.05) is 15.9 Å². The van der Waals surface area contributed by atoms with Gasteiger partial charge < -0.3 is 10.4 Å². The van der Waals surface area contributed by atoms with E-state index in [0.717, 1.165) is 21.6 Å². The SMILES string of the molecule is Cc1cnc(CNCc2cc(Br)ccc2O)s1. The minimum absolute atomic E-state index is 0.316. The van der Waals surface area contributed by atoms with Crippen LogP contribution >= 0.6 is 27.3 Å². The molecule has 2 N–H and O–H groups in total. The van der Waals surface area contributed by atoms with Gasteiger partial charge in [0.05, 0.1) is 0 Å². The second-order valence-electron chi connectivity index (χ2n) is 3.74. The second-order valence-corrected chi connectivity index (χ2v) is 5.98. The number of halogens is 1. The van der Waals surface area contributed by atoms with Gasteiger partial charge in [0.1, 0.15) is 10.8 Å². The van der Waals surface area contributed by atoms with Crippen LogP contribution in [0, 0.1) is 6.92 Å². The first-order chi connectivity index (χ1) is 8.15. The summed E-state index contributed by atoms with van der Waals surface area (Å²) in [5.74, 6) is 0.316. The van der Waals surface area contributed by atoms with Gasteiger partial charge in [0.25, 0.3) is 0 Å². The minimum atomic E-state index is 0.316. The van der Waals surface area contributed by atoms with E-state index < -0.39 is 0 Å². The van der Waals surface area contributed by atoms with Crippen LogP contribution in [0.1, 0.15) is 15.4 Å². The van der Waals surface area contributed by atoms with Gasteiger partial charge in [-0.25, -0.2) is 4.98 Å². The molecule has 1 aromatic heterocycles. The van der Waals surface area contributed by atoms with Crippen LogP contribution in [0.4, 0.5) is 0 Å². The second kappa shape index (κ2) is 5.62. The van der Waals surface area contributed by atoms with Crippen molar-refractivity contribution in [2.75, 3.05) is 0 Å². The number of thiazole rings is 1. The van der Waals surface area contributed by atoms with E-state index in [1.165, 1.54) is 4.88 Å². The molecule has 2 aromatic rings. The number of benzene rings is 1. The predicted molar refractivity (Wildman–Crippen MR) is 73.2 cm³/mol. The monoisotopic (exact) mass is 312 g/mol. The van der Waals surface area contributed by atoms with Crippen LogP contribution in [0.3, 0.4) is 0 Å². The third-order valence-electron chi connectivity index (χ3n) is 2.30. The van der Waals surface area contributed by atoms with E-state index in [9.17, 15) is 5.11 Å². The van der Waals surface area contributed by atoms with Crippen molar-refractivity contribution in [2.45, 2.75) is 20.0 Å². The number of rotatable bonds is 4. The minimum Gasteiger partial charge on any atom is -0.508 e. The lowest BCUT2D eigenvalue weighted by molar-refractivity contribution is 0.464. The number of phenolic OH excluding ortho intramolecular Hbond substituents is 1. The fraction of sp³-hybridized carbons (Fsp3) is 0.250. The summed E-state index contributed by atoms with van der Waals surface area (Å²) in [5, 5.41) is 14.0. The number of hydrogen-bond donors (Lipinski definition) is 2. The lowest BCUT2D eigenvalue weighted by Gasteiger charge is -2.06. The molecule has 90 valence electrons. The maximum atomic E-state index is 9.66. The van der Waals surface area contributed by atoms with Crippen molar-refractivity contribution >= 4 is 27.3 Å². The molecule has 5 heteroatoms. The average Bonchev–Trinajstić information content (AvgIpc) is 2.69. The topological polar surface area (TPSA) is 45.2 Å². The molecule has 0 unspecified atom stereocenters. The normalized spacial score (nSPS) is 10.7. The van der Waals surface area contributed by atoms with Gasteiger partial charge >= 0.3 is 0 Å². The molecule has 0 fully saturated rings. The molecular weight excluding hydrogens is 300 g/mol. The Kier molecular flexibility index (Phi) is 4.15. The predicted octanol–water partition coefficient (Wildman–Crippen LogP) is 3.21. The first-order valence-electron chi connectivity index (χ1n) is 5.24. The maximum absolute atomic E-state index is 9.66. The van der Waals surface area contributed by atoms with Crippen molar-refractivity contribution in [1.29, 1.82) is 0 Å². The maximum Gasteiger partial charge on any atom is 0.120 e. The fourth-order valence-corrected chi connectivity index (χ4v) is 2.65. The lowest BCUT2D eigenvalue weighted by atomic mass is 10.2. The first kappa shape index (κ1) is 12.5. The zero-order valence-corrected chi connectivity index (χ0v) is 11.8. The van der Waals surface area contributed by atoms with Gasteiger partial charge in [-0.15, -0.1) is 11.3 Å². The Bertz CT molecular complexity index is 513. The number of phenols is 1. The van der Waals surface area contributed by atoms with Gasteiger partial charge in [-0.3, -0.25) is 0 Å². The molecule has 0 atom stereocenters. The van der Waals surface area contributed by atoms with Gasteiger partial charge in [0.15, 0.2) is 0 Å². The van der Waals surface area contributed by atoms with Crippen LogP contribution in [0.5, 0.6) is 5.75 Å². The molecule has 0 radical (unpaired) electrons. The van der Waals surface area contributed by atoms with E-state index >= 15 is 0 Å². The zero-order valence-electron chi connectivity index (χ0n) is 9.40. The Morgan fingerprint density at radius 3 is 2.94 bits per heavy atom. The molecule has 1 aromatic carbocycles. The number of nitrogens with one attached hydrogen (secondary N) is 1. The first-order valence-corrected chi connectivity index (χ1v) is 6.85. The molecule has 3 nitrogen and oxygen atoms in total. The summed E-state index contributed by atoms with van der Waals surface area (Å²) in [6.07, 6.45) is 1.87. The van der Waals surface area contributed by atoms with Crippen LogP contribution in [0.2, 0.25) is 0 Å². The number of aryl methyl sites for hydroxylation is 1.